The first-order valence-corrected chi connectivity index (χ1v) is 17.9. The molecule has 1 aliphatic heterocycles. The highest BCUT2D eigenvalue weighted by Gasteiger charge is 2.27. The molecule has 3 heterocycles. The molecule has 0 saturated carbocycles. The number of anilines is 1. The maximum absolute atomic E-state index is 5.62. The molecule has 10 heteroatoms. The maximum atomic E-state index is 5.62. The second kappa shape index (κ2) is 16.4. The molecular formula is C41H47N3O6S. The Morgan fingerprint density at radius 3 is 1.84 bits per heavy atom. The smallest absolute Gasteiger partial charge is 0.203 e. The molecule has 1 aliphatic rings. The van der Waals surface area contributed by atoms with Gasteiger partial charge in [-0.3, -0.25) is 9.88 Å². The van der Waals surface area contributed by atoms with E-state index < -0.39 is 0 Å². The molecule has 1 fully saturated rings. The van der Waals surface area contributed by atoms with Crippen LogP contribution in [0, 0.1) is 6.92 Å². The van der Waals surface area contributed by atoms with E-state index in [1.54, 1.807) is 42.7 Å². The molecule has 0 spiro atoms. The molecule has 0 atom stereocenters. The van der Waals surface area contributed by atoms with E-state index in [1.807, 2.05) is 41.8 Å². The van der Waals surface area contributed by atoms with E-state index in [0.29, 0.717) is 40.5 Å². The summed E-state index contributed by atoms with van der Waals surface area (Å²) >= 11 is 1.82. The lowest BCUT2D eigenvalue weighted by Gasteiger charge is -2.39. The first kappa shape index (κ1) is 35.9. The lowest BCUT2D eigenvalue weighted by molar-refractivity contribution is 0.201. The van der Waals surface area contributed by atoms with Crippen molar-refractivity contribution in [1.29, 1.82) is 0 Å². The number of thiophene rings is 1. The quantitative estimate of drug-likeness (QED) is 0.113. The molecule has 1 saturated heterocycles. The molecule has 268 valence electrons. The van der Waals surface area contributed by atoms with Crippen LogP contribution >= 0.6 is 11.3 Å². The summed E-state index contributed by atoms with van der Waals surface area (Å²) in [6, 6.07) is 23.7. The zero-order valence-electron chi connectivity index (χ0n) is 30.5. The number of aryl methyl sites for hydroxylation is 1. The summed E-state index contributed by atoms with van der Waals surface area (Å²) in [5, 5.41) is 3.54. The minimum Gasteiger partial charge on any atom is -0.493 e. The molecule has 0 amide bonds. The van der Waals surface area contributed by atoms with Crippen molar-refractivity contribution in [3.05, 3.63) is 95.0 Å². The van der Waals surface area contributed by atoms with Crippen LogP contribution in [0.5, 0.6) is 34.5 Å². The predicted molar refractivity (Wildman–Crippen MR) is 204 cm³/mol. The Kier molecular flexibility index (Phi) is 11.5. The van der Waals surface area contributed by atoms with Gasteiger partial charge in [-0.1, -0.05) is 18.2 Å². The molecule has 2 aromatic heterocycles. The van der Waals surface area contributed by atoms with Crippen molar-refractivity contribution < 1.29 is 28.4 Å². The highest BCUT2D eigenvalue weighted by atomic mass is 32.1. The average molecular weight is 710 g/mol. The molecule has 0 N–H and O–H groups in total. The zero-order valence-corrected chi connectivity index (χ0v) is 31.3. The average Bonchev–Trinajstić information content (AvgIpc) is 3.61. The lowest BCUT2D eigenvalue weighted by atomic mass is 9.99. The number of aromatic nitrogens is 1. The lowest BCUT2D eigenvalue weighted by Crippen LogP contribution is -2.44. The first-order chi connectivity index (χ1) is 24.9. The van der Waals surface area contributed by atoms with Crippen LogP contribution in [0.3, 0.4) is 0 Å². The summed E-state index contributed by atoms with van der Waals surface area (Å²) in [7, 11) is 9.79. The van der Waals surface area contributed by atoms with Gasteiger partial charge in [-0.05, 0) is 101 Å². The van der Waals surface area contributed by atoms with Gasteiger partial charge in [-0.15, -0.1) is 11.3 Å². The molecule has 0 aliphatic carbocycles. The number of hydrogen-bond donors (Lipinski definition) is 0. The van der Waals surface area contributed by atoms with E-state index in [4.69, 9.17) is 33.4 Å². The summed E-state index contributed by atoms with van der Waals surface area (Å²) in [6.45, 7) is 5.90. The van der Waals surface area contributed by atoms with Crippen molar-refractivity contribution in [2.45, 2.75) is 38.9 Å². The van der Waals surface area contributed by atoms with E-state index in [9.17, 15) is 0 Å². The van der Waals surface area contributed by atoms with Crippen molar-refractivity contribution in [2.24, 2.45) is 0 Å². The van der Waals surface area contributed by atoms with E-state index in [1.165, 1.54) is 21.7 Å². The van der Waals surface area contributed by atoms with Crippen LogP contribution < -0.4 is 33.3 Å². The van der Waals surface area contributed by atoms with Gasteiger partial charge in [0.05, 0.1) is 53.4 Å². The van der Waals surface area contributed by atoms with Crippen LogP contribution in [0.2, 0.25) is 0 Å². The van der Waals surface area contributed by atoms with Crippen molar-refractivity contribution in [3.63, 3.8) is 0 Å². The monoisotopic (exact) mass is 709 g/mol. The van der Waals surface area contributed by atoms with Gasteiger partial charge in [0, 0.05) is 44.0 Å². The number of ether oxygens (including phenoxy) is 6. The van der Waals surface area contributed by atoms with Crippen molar-refractivity contribution in [3.8, 4) is 56.9 Å². The molecule has 0 unspecified atom stereocenters. The number of rotatable bonds is 14. The topological polar surface area (TPSA) is 74.8 Å². The summed E-state index contributed by atoms with van der Waals surface area (Å²) < 4.78 is 33.5. The van der Waals surface area contributed by atoms with Gasteiger partial charge in [0.25, 0.3) is 0 Å². The van der Waals surface area contributed by atoms with Crippen molar-refractivity contribution >= 4 is 16.3 Å². The molecule has 9 nitrogen and oxygen atoms in total. The normalized spacial score (nSPS) is 13.5. The zero-order chi connectivity index (χ0) is 35.9. The second-order valence-electron chi connectivity index (χ2n) is 12.7. The van der Waals surface area contributed by atoms with Gasteiger partial charge in [-0.2, -0.15) is 0 Å². The Bertz CT molecular complexity index is 1890. The fourth-order valence-corrected chi connectivity index (χ4v) is 7.83. The Hall–Kier alpha value is -4.93. The highest BCUT2D eigenvalue weighted by Crippen LogP contribution is 2.42. The SMILES string of the molecule is COc1cc(-c2cccc(CN3CCC(N(Cc4ccnc(-c5cc(OC)c(OC)c(OC)c5)c4)c4cc(C)cs4)CC3)c2)cc(OC)c1OC. The number of piperidine rings is 1. The number of nitrogens with zero attached hydrogens (tertiary/aromatic N) is 3. The number of methoxy groups -OCH3 is 6. The molecule has 0 bridgehead atoms. The molecule has 5 aromatic rings. The van der Waals surface area contributed by atoms with Gasteiger partial charge in [0.2, 0.25) is 11.5 Å². The first-order valence-electron chi connectivity index (χ1n) is 17.1. The van der Waals surface area contributed by atoms with Crippen molar-refractivity contribution in [1.82, 2.24) is 9.88 Å². The van der Waals surface area contributed by atoms with Crippen LogP contribution in [0.1, 0.15) is 29.5 Å². The molecule has 51 heavy (non-hydrogen) atoms. The van der Waals surface area contributed by atoms with Crippen LogP contribution in [0.4, 0.5) is 5.00 Å². The molecule has 3 aromatic carbocycles. The van der Waals surface area contributed by atoms with Crippen LogP contribution in [0.15, 0.2) is 78.3 Å². The largest absolute Gasteiger partial charge is 0.493 e. The second-order valence-corrected chi connectivity index (χ2v) is 13.6. The van der Waals surface area contributed by atoms with Gasteiger partial charge >= 0.3 is 0 Å². The summed E-state index contributed by atoms with van der Waals surface area (Å²) in [5.41, 5.74) is 7.68. The van der Waals surface area contributed by atoms with E-state index >= 15 is 0 Å². The minimum atomic E-state index is 0.419. The Morgan fingerprint density at radius 1 is 0.686 bits per heavy atom. The number of likely N-dealkylation sites (tertiary alicyclic amines) is 1. The van der Waals surface area contributed by atoms with E-state index in [-0.39, 0.29) is 0 Å². The van der Waals surface area contributed by atoms with Crippen molar-refractivity contribution in [2.75, 3.05) is 60.6 Å². The van der Waals surface area contributed by atoms with E-state index in [2.05, 4.69) is 64.6 Å². The van der Waals surface area contributed by atoms with Crippen LogP contribution in [-0.4, -0.2) is 71.7 Å². The Labute approximate surface area is 305 Å². The number of hydrogen-bond acceptors (Lipinski definition) is 10. The fraction of sp³-hybridized carbons (Fsp3) is 0.341. The Balaban J connectivity index is 1.17. The third kappa shape index (κ3) is 8.02. The van der Waals surface area contributed by atoms with Crippen LogP contribution in [-0.2, 0) is 13.1 Å². The highest BCUT2D eigenvalue weighted by molar-refractivity contribution is 7.14. The number of benzene rings is 3. The third-order valence-corrected chi connectivity index (χ3v) is 10.6. The standard InChI is InChI=1S/C41H47N3O6S/c1-27-17-39(51-26-27)44(25-29-11-14-42-34(19-29)32-22-37(47-4)41(50-7)38(23-32)48-5)33-12-15-43(16-13-33)24-28-9-8-10-30(18-28)31-20-35(45-2)40(49-6)36(21-31)46-3/h8-11,14,17-23,26,33H,12-13,15-16,24-25H2,1-7H3. The van der Waals surface area contributed by atoms with E-state index in [0.717, 1.165) is 61.4 Å². The minimum absolute atomic E-state index is 0.419. The maximum Gasteiger partial charge on any atom is 0.203 e. The van der Waals surface area contributed by atoms with Gasteiger partial charge in [-0.25, -0.2) is 0 Å². The fourth-order valence-electron chi connectivity index (χ4n) is 6.85. The Morgan fingerprint density at radius 2 is 1.29 bits per heavy atom. The summed E-state index contributed by atoms with van der Waals surface area (Å²) in [6.07, 6.45) is 4.04. The predicted octanol–water partition coefficient (Wildman–Crippen LogP) is 8.51. The molecular weight excluding hydrogens is 663 g/mol. The molecule has 0 radical (unpaired) electrons. The number of pyridine rings is 1. The van der Waals surface area contributed by atoms with Gasteiger partial charge in [0.1, 0.15) is 0 Å². The summed E-state index contributed by atoms with van der Waals surface area (Å²) in [4.78, 5) is 9.88. The summed E-state index contributed by atoms with van der Waals surface area (Å²) in [5.74, 6) is 3.67. The molecule has 6 rings (SSSR count). The third-order valence-electron chi connectivity index (χ3n) is 9.47. The van der Waals surface area contributed by atoms with Gasteiger partial charge < -0.3 is 33.3 Å². The van der Waals surface area contributed by atoms with Gasteiger partial charge in [0.15, 0.2) is 23.0 Å². The van der Waals surface area contributed by atoms with Crippen LogP contribution in [0.25, 0.3) is 22.4 Å².